The predicted molar refractivity (Wildman–Crippen MR) is 118 cm³/mol. The molecular formula is C23H17IO4. The molecule has 28 heavy (non-hydrogen) atoms. The highest BCUT2D eigenvalue weighted by Gasteiger charge is 2.16. The van der Waals surface area contributed by atoms with Crippen LogP contribution in [0.15, 0.2) is 69.9 Å². The van der Waals surface area contributed by atoms with E-state index >= 15 is 0 Å². The molecule has 0 unspecified atom stereocenters. The van der Waals surface area contributed by atoms with Crippen LogP contribution < -0.4 is 5.63 Å². The lowest BCUT2D eigenvalue weighted by Crippen LogP contribution is -2.12. The van der Waals surface area contributed by atoms with Crippen molar-refractivity contribution in [3.63, 3.8) is 0 Å². The van der Waals surface area contributed by atoms with Crippen LogP contribution in [-0.2, 0) is 17.6 Å². The van der Waals surface area contributed by atoms with Crippen LogP contribution in [-0.4, -0.2) is 10.9 Å². The Bertz CT molecular complexity index is 1250. The summed E-state index contributed by atoms with van der Waals surface area (Å²) in [6.07, 6.45) is 0.606. The van der Waals surface area contributed by atoms with Gasteiger partial charge in [0, 0.05) is 16.4 Å². The summed E-state index contributed by atoms with van der Waals surface area (Å²) in [6, 6.07) is 19.1. The van der Waals surface area contributed by atoms with E-state index < -0.39 is 5.63 Å². The number of rotatable bonds is 5. The van der Waals surface area contributed by atoms with E-state index in [1.807, 2.05) is 42.5 Å². The van der Waals surface area contributed by atoms with Crippen molar-refractivity contribution < 1.29 is 14.3 Å². The van der Waals surface area contributed by atoms with E-state index in [0.717, 1.165) is 19.9 Å². The van der Waals surface area contributed by atoms with Crippen LogP contribution in [0.5, 0.6) is 5.75 Å². The van der Waals surface area contributed by atoms with Gasteiger partial charge in [0.1, 0.15) is 17.1 Å². The monoisotopic (exact) mass is 484 g/mol. The zero-order valence-corrected chi connectivity index (χ0v) is 17.1. The molecule has 0 bridgehead atoms. The Morgan fingerprint density at radius 2 is 1.79 bits per heavy atom. The summed E-state index contributed by atoms with van der Waals surface area (Å²) in [5.41, 5.74) is 0.867. The summed E-state index contributed by atoms with van der Waals surface area (Å²) in [4.78, 5) is 24.8. The van der Waals surface area contributed by atoms with Gasteiger partial charge < -0.3 is 9.52 Å². The van der Waals surface area contributed by atoms with E-state index in [4.69, 9.17) is 4.42 Å². The minimum atomic E-state index is -0.593. The summed E-state index contributed by atoms with van der Waals surface area (Å²) in [5.74, 6) is -0.0828. The van der Waals surface area contributed by atoms with Crippen LogP contribution >= 0.6 is 22.6 Å². The lowest BCUT2D eigenvalue weighted by Gasteiger charge is -2.08. The van der Waals surface area contributed by atoms with Gasteiger partial charge in [0.05, 0.1) is 10.9 Å². The maximum absolute atomic E-state index is 12.6. The molecule has 0 saturated heterocycles. The first-order valence-electron chi connectivity index (χ1n) is 8.95. The molecule has 0 saturated carbocycles. The van der Waals surface area contributed by atoms with Crippen molar-refractivity contribution in [2.24, 2.45) is 0 Å². The second kappa shape index (κ2) is 7.75. The molecule has 4 nitrogen and oxygen atoms in total. The van der Waals surface area contributed by atoms with Crippen LogP contribution in [0.3, 0.4) is 0 Å². The Kier molecular flexibility index (Phi) is 5.17. The molecule has 0 aliphatic heterocycles. The van der Waals surface area contributed by atoms with Crippen LogP contribution in [0.25, 0.3) is 21.7 Å². The number of hydrogen-bond donors (Lipinski definition) is 1. The summed E-state index contributed by atoms with van der Waals surface area (Å²) in [7, 11) is 0. The number of benzene rings is 3. The van der Waals surface area contributed by atoms with Crippen molar-refractivity contribution >= 4 is 50.1 Å². The molecule has 0 amide bonds. The van der Waals surface area contributed by atoms with Crippen LogP contribution in [0, 0.1) is 3.57 Å². The van der Waals surface area contributed by atoms with Crippen molar-refractivity contribution in [3.8, 4) is 5.75 Å². The molecule has 0 aliphatic carbocycles. The molecule has 1 heterocycles. The molecule has 0 atom stereocenters. The number of carbonyl (C=O) groups excluding carboxylic acids is 1. The Morgan fingerprint density at radius 1 is 1.00 bits per heavy atom. The molecule has 0 radical (unpaired) electrons. The summed E-state index contributed by atoms with van der Waals surface area (Å²) >= 11 is 2.13. The number of halogens is 1. The SMILES string of the molecule is O=C(CCc1c(O)c2cc(I)ccc2oc1=O)Cc1cccc2ccccc12. The predicted octanol–water partition coefficient (Wildman–Crippen LogP) is 5.00. The zero-order valence-electron chi connectivity index (χ0n) is 14.9. The average molecular weight is 484 g/mol. The fourth-order valence-corrected chi connectivity index (χ4v) is 3.92. The lowest BCUT2D eigenvalue weighted by molar-refractivity contribution is -0.118. The maximum atomic E-state index is 12.6. The zero-order chi connectivity index (χ0) is 19.7. The third-order valence-corrected chi connectivity index (χ3v) is 5.52. The van der Waals surface area contributed by atoms with E-state index in [0.29, 0.717) is 17.4 Å². The van der Waals surface area contributed by atoms with E-state index in [1.165, 1.54) is 0 Å². The number of fused-ring (bicyclic) bond motifs is 2. The average Bonchev–Trinajstić information content (AvgIpc) is 2.69. The molecular weight excluding hydrogens is 467 g/mol. The molecule has 4 rings (SSSR count). The van der Waals surface area contributed by atoms with Gasteiger partial charge in [-0.25, -0.2) is 4.79 Å². The van der Waals surface area contributed by atoms with Gasteiger partial charge in [-0.1, -0.05) is 42.5 Å². The van der Waals surface area contributed by atoms with Gasteiger partial charge in [-0.2, -0.15) is 0 Å². The van der Waals surface area contributed by atoms with Crippen LogP contribution in [0.4, 0.5) is 0 Å². The quantitative estimate of drug-likeness (QED) is 0.320. The third kappa shape index (κ3) is 3.67. The van der Waals surface area contributed by atoms with Crippen LogP contribution in [0.1, 0.15) is 17.5 Å². The second-order valence-corrected chi connectivity index (χ2v) is 7.96. The molecule has 1 N–H and O–H groups in total. The van der Waals surface area contributed by atoms with Crippen molar-refractivity contribution in [1.82, 2.24) is 0 Å². The minimum Gasteiger partial charge on any atom is -0.507 e. The molecule has 140 valence electrons. The highest BCUT2D eigenvalue weighted by molar-refractivity contribution is 14.1. The molecule has 3 aromatic carbocycles. The molecule has 0 spiro atoms. The van der Waals surface area contributed by atoms with Crippen LogP contribution in [0.2, 0.25) is 0 Å². The second-order valence-electron chi connectivity index (χ2n) is 6.71. The van der Waals surface area contributed by atoms with Crippen molar-refractivity contribution in [2.45, 2.75) is 19.3 Å². The fourth-order valence-electron chi connectivity index (χ4n) is 3.43. The minimum absolute atomic E-state index is 0.0119. The van der Waals surface area contributed by atoms with Gasteiger partial charge in [0.2, 0.25) is 0 Å². The summed E-state index contributed by atoms with van der Waals surface area (Å²) < 4.78 is 6.23. The highest BCUT2D eigenvalue weighted by atomic mass is 127. The number of ketones is 1. The Morgan fingerprint density at radius 3 is 2.64 bits per heavy atom. The normalized spacial score (nSPS) is 11.2. The summed E-state index contributed by atoms with van der Waals surface area (Å²) in [6.45, 7) is 0. The smallest absolute Gasteiger partial charge is 0.343 e. The van der Waals surface area contributed by atoms with Gasteiger partial charge in [0.25, 0.3) is 0 Å². The van der Waals surface area contributed by atoms with Gasteiger partial charge >= 0.3 is 5.63 Å². The number of aromatic hydroxyl groups is 1. The first-order valence-corrected chi connectivity index (χ1v) is 10.0. The molecule has 5 heteroatoms. The topological polar surface area (TPSA) is 67.5 Å². The van der Waals surface area contributed by atoms with Crippen molar-refractivity contribution in [2.75, 3.05) is 0 Å². The highest BCUT2D eigenvalue weighted by Crippen LogP contribution is 2.28. The number of hydrogen-bond acceptors (Lipinski definition) is 4. The first-order chi connectivity index (χ1) is 13.5. The van der Waals surface area contributed by atoms with E-state index in [-0.39, 0.29) is 29.9 Å². The number of carbonyl (C=O) groups is 1. The standard InChI is InChI=1S/C23H17IO4/c24-16-8-11-21-20(13-16)22(26)19(23(27)28-21)10-9-17(25)12-15-6-3-5-14-4-1-2-7-18(14)15/h1-8,11,13,26H,9-10,12H2. The Hall–Kier alpha value is -2.67. The fraction of sp³-hybridized carbons (Fsp3) is 0.130. The van der Waals surface area contributed by atoms with Crippen molar-refractivity contribution in [1.29, 1.82) is 0 Å². The Labute approximate surface area is 174 Å². The third-order valence-electron chi connectivity index (χ3n) is 4.85. The molecule has 0 fully saturated rings. The largest absolute Gasteiger partial charge is 0.507 e. The molecule has 4 aromatic rings. The number of Topliss-reactive ketones (excluding diaryl/α,β-unsaturated/α-hetero) is 1. The van der Waals surface area contributed by atoms with E-state index in [9.17, 15) is 14.7 Å². The van der Waals surface area contributed by atoms with Gasteiger partial charge in [-0.3, -0.25) is 4.79 Å². The first kappa shape index (κ1) is 18.7. The van der Waals surface area contributed by atoms with Crippen molar-refractivity contribution in [3.05, 3.63) is 85.8 Å². The van der Waals surface area contributed by atoms with Gasteiger partial charge in [-0.05, 0) is 63.5 Å². The molecule has 0 aliphatic rings. The van der Waals surface area contributed by atoms with E-state index in [1.54, 1.807) is 18.2 Å². The summed E-state index contributed by atoms with van der Waals surface area (Å²) in [5, 5.41) is 13.2. The Balaban J connectivity index is 1.56. The van der Waals surface area contributed by atoms with E-state index in [2.05, 4.69) is 22.6 Å². The molecule has 1 aromatic heterocycles. The lowest BCUT2D eigenvalue weighted by atomic mass is 9.98. The maximum Gasteiger partial charge on any atom is 0.343 e. The van der Waals surface area contributed by atoms with Gasteiger partial charge in [-0.15, -0.1) is 0 Å². The van der Waals surface area contributed by atoms with Gasteiger partial charge in [0.15, 0.2) is 0 Å².